The predicted molar refractivity (Wildman–Crippen MR) is 71.8 cm³/mol. The smallest absolute Gasteiger partial charge is 0.118 e. The van der Waals surface area contributed by atoms with Crippen LogP contribution < -0.4 is 10.5 Å². The minimum absolute atomic E-state index is 0.0547. The van der Waals surface area contributed by atoms with Crippen molar-refractivity contribution >= 4 is 0 Å². The molecule has 102 valence electrons. The Bertz CT molecular complexity index is 324. The van der Waals surface area contributed by atoms with Gasteiger partial charge >= 0.3 is 0 Å². The fourth-order valence-electron chi connectivity index (χ4n) is 1.76. The molecule has 0 bridgehead atoms. The zero-order valence-corrected chi connectivity index (χ0v) is 11.4. The van der Waals surface area contributed by atoms with Gasteiger partial charge in [-0.05, 0) is 31.0 Å². The molecule has 1 rings (SSSR count). The summed E-state index contributed by atoms with van der Waals surface area (Å²) < 4.78 is 15.9. The van der Waals surface area contributed by atoms with Gasteiger partial charge in [0, 0.05) is 26.4 Å². The van der Waals surface area contributed by atoms with E-state index in [0.717, 1.165) is 17.7 Å². The van der Waals surface area contributed by atoms with Crippen LogP contribution in [0.2, 0.25) is 0 Å². The zero-order valence-electron chi connectivity index (χ0n) is 11.4. The van der Waals surface area contributed by atoms with Crippen LogP contribution in [0.3, 0.4) is 0 Å². The van der Waals surface area contributed by atoms with Gasteiger partial charge in [-0.1, -0.05) is 12.1 Å². The lowest BCUT2D eigenvalue weighted by Gasteiger charge is -2.22. The maximum atomic E-state index is 5.97. The summed E-state index contributed by atoms with van der Waals surface area (Å²) in [6, 6.07) is 7.76. The Morgan fingerprint density at radius 3 is 2.28 bits per heavy atom. The normalized spacial score (nSPS) is 14.2. The average molecular weight is 253 g/mol. The number of nitrogens with two attached hydrogens (primary N) is 1. The molecule has 18 heavy (non-hydrogen) atoms. The molecular formula is C14H23NO3. The van der Waals surface area contributed by atoms with Crippen molar-refractivity contribution in [1.29, 1.82) is 0 Å². The third-order valence-electron chi connectivity index (χ3n) is 2.71. The molecule has 0 amide bonds. The molecular weight excluding hydrogens is 230 g/mol. The van der Waals surface area contributed by atoms with Crippen molar-refractivity contribution in [3.8, 4) is 5.75 Å². The first-order valence-electron chi connectivity index (χ1n) is 6.19. The lowest BCUT2D eigenvalue weighted by molar-refractivity contribution is 0.0264. The van der Waals surface area contributed by atoms with E-state index < -0.39 is 0 Å². The maximum Gasteiger partial charge on any atom is 0.118 e. The van der Waals surface area contributed by atoms with Crippen molar-refractivity contribution in [2.45, 2.75) is 25.5 Å². The van der Waals surface area contributed by atoms with E-state index >= 15 is 0 Å². The summed E-state index contributed by atoms with van der Waals surface area (Å²) in [5, 5.41) is 0. The molecule has 0 aliphatic rings. The van der Waals surface area contributed by atoms with Gasteiger partial charge in [0.2, 0.25) is 0 Å². The van der Waals surface area contributed by atoms with E-state index in [1.54, 1.807) is 14.2 Å². The molecule has 0 saturated carbocycles. The molecule has 0 radical (unpaired) electrons. The molecule has 0 aliphatic carbocycles. The van der Waals surface area contributed by atoms with Crippen LogP contribution in [0.5, 0.6) is 5.75 Å². The summed E-state index contributed by atoms with van der Waals surface area (Å²) in [5.74, 6) is 0.835. The molecule has 2 unspecified atom stereocenters. The Labute approximate surface area is 109 Å². The van der Waals surface area contributed by atoms with Gasteiger partial charge in [0.1, 0.15) is 5.75 Å². The summed E-state index contributed by atoms with van der Waals surface area (Å²) in [6.45, 7) is 3.30. The first-order chi connectivity index (χ1) is 8.69. The Hall–Kier alpha value is -1.10. The van der Waals surface area contributed by atoms with Gasteiger partial charge in [-0.2, -0.15) is 0 Å². The molecule has 0 aromatic heterocycles. The first-order valence-corrected chi connectivity index (χ1v) is 6.19. The van der Waals surface area contributed by atoms with Crippen molar-refractivity contribution in [2.75, 3.05) is 27.4 Å². The SMILES string of the molecule is COCCCOC(c1ccc(OC)cc1)C(C)N. The highest BCUT2D eigenvalue weighted by atomic mass is 16.5. The second-order valence-electron chi connectivity index (χ2n) is 4.27. The van der Waals surface area contributed by atoms with E-state index in [1.165, 1.54) is 0 Å². The number of hydrogen-bond acceptors (Lipinski definition) is 4. The Morgan fingerprint density at radius 1 is 1.11 bits per heavy atom. The Balaban J connectivity index is 2.59. The number of ether oxygens (including phenoxy) is 3. The Morgan fingerprint density at radius 2 is 1.78 bits per heavy atom. The van der Waals surface area contributed by atoms with Crippen LogP contribution in [0, 0.1) is 0 Å². The van der Waals surface area contributed by atoms with Gasteiger partial charge in [-0.15, -0.1) is 0 Å². The third-order valence-corrected chi connectivity index (χ3v) is 2.71. The molecule has 0 fully saturated rings. The van der Waals surface area contributed by atoms with Crippen LogP contribution in [0.25, 0.3) is 0 Å². The van der Waals surface area contributed by atoms with Crippen molar-refractivity contribution in [1.82, 2.24) is 0 Å². The topological polar surface area (TPSA) is 53.7 Å². The molecule has 0 saturated heterocycles. The molecule has 0 aliphatic heterocycles. The van der Waals surface area contributed by atoms with Gasteiger partial charge < -0.3 is 19.9 Å². The van der Waals surface area contributed by atoms with Crippen LogP contribution in [-0.2, 0) is 9.47 Å². The van der Waals surface area contributed by atoms with E-state index in [0.29, 0.717) is 13.2 Å². The van der Waals surface area contributed by atoms with Crippen molar-refractivity contribution in [3.05, 3.63) is 29.8 Å². The van der Waals surface area contributed by atoms with Gasteiger partial charge in [-0.25, -0.2) is 0 Å². The lowest BCUT2D eigenvalue weighted by atomic mass is 10.0. The van der Waals surface area contributed by atoms with E-state index in [9.17, 15) is 0 Å². The molecule has 0 spiro atoms. The molecule has 1 aromatic rings. The minimum atomic E-state index is -0.0900. The summed E-state index contributed by atoms with van der Waals surface area (Å²) in [6.07, 6.45) is 0.781. The van der Waals surface area contributed by atoms with Gasteiger partial charge in [-0.3, -0.25) is 0 Å². The van der Waals surface area contributed by atoms with Crippen LogP contribution >= 0.6 is 0 Å². The lowest BCUT2D eigenvalue weighted by Crippen LogP contribution is -2.27. The quantitative estimate of drug-likeness (QED) is 0.721. The fourth-order valence-corrected chi connectivity index (χ4v) is 1.76. The number of hydrogen-bond donors (Lipinski definition) is 1. The second kappa shape index (κ2) is 8.08. The number of rotatable bonds is 8. The summed E-state index contributed by atoms with van der Waals surface area (Å²) in [7, 11) is 3.34. The van der Waals surface area contributed by atoms with Gasteiger partial charge in [0.05, 0.1) is 13.2 Å². The van der Waals surface area contributed by atoms with Crippen LogP contribution in [0.4, 0.5) is 0 Å². The summed E-state index contributed by atoms with van der Waals surface area (Å²) in [5.41, 5.74) is 7.04. The fraction of sp³-hybridized carbons (Fsp3) is 0.571. The molecule has 2 atom stereocenters. The number of methoxy groups -OCH3 is 2. The summed E-state index contributed by atoms with van der Waals surface area (Å²) >= 11 is 0. The van der Waals surface area contributed by atoms with Crippen molar-refractivity contribution in [3.63, 3.8) is 0 Å². The average Bonchev–Trinajstić information content (AvgIpc) is 2.39. The van der Waals surface area contributed by atoms with Crippen molar-refractivity contribution < 1.29 is 14.2 Å². The largest absolute Gasteiger partial charge is 0.497 e. The predicted octanol–water partition coefficient (Wildman–Crippen LogP) is 2.14. The van der Waals surface area contributed by atoms with E-state index in [4.69, 9.17) is 19.9 Å². The first kappa shape index (κ1) is 15.0. The monoisotopic (exact) mass is 253 g/mol. The Kier molecular flexibility index (Phi) is 6.72. The van der Waals surface area contributed by atoms with Crippen LogP contribution in [0.1, 0.15) is 25.0 Å². The highest BCUT2D eigenvalue weighted by Gasteiger charge is 2.16. The molecule has 2 N–H and O–H groups in total. The maximum absolute atomic E-state index is 5.97. The van der Waals surface area contributed by atoms with Crippen LogP contribution in [0.15, 0.2) is 24.3 Å². The standard InChI is InChI=1S/C14H23NO3/c1-11(15)14(18-10-4-9-16-2)12-5-7-13(17-3)8-6-12/h5-8,11,14H,4,9-10,15H2,1-3H3. The highest BCUT2D eigenvalue weighted by Crippen LogP contribution is 2.23. The van der Waals surface area contributed by atoms with E-state index in [-0.39, 0.29) is 12.1 Å². The van der Waals surface area contributed by atoms with Gasteiger partial charge in [0.15, 0.2) is 0 Å². The second-order valence-corrected chi connectivity index (χ2v) is 4.27. The zero-order chi connectivity index (χ0) is 13.4. The molecule has 4 nitrogen and oxygen atoms in total. The molecule has 0 heterocycles. The minimum Gasteiger partial charge on any atom is -0.497 e. The number of benzene rings is 1. The van der Waals surface area contributed by atoms with Crippen LogP contribution in [-0.4, -0.2) is 33.5 Å². The van der Waals surface area contributed by atoms with E-state index in [2.05, 4.69) is 0 Å². The molecule has 1 aromatic carbocycles. The third kappa shape index (κ3) is 4.64. The summed E-state index contributed by atoms with van der Waals surface area (Å²) in [4.78, 5) is 0. The van der Waals surface area contributed by atoms with Gasteiger partial charge in [0.25, 0.3) is 0 Å². The molecule has 4 heteroatoms. The van der Waals surface area contributed by atoms with Crippen molar-refractivity contribution in [2.24, 2.45) is 5.73 Å². The highest BCUT2D eigenvalue weighted by molar-refractivity contribution is 5.29. The van der Waals surface area contributed by atoms with E-state index in [1.807, 2.05) is 31.2 Å².